The second-order valence-electron chi connectivity index (χ2n) is 2.19. The predicted octanol–water partition coefficient (Wildman–Crippen LogP) is 1.71. The fraction of sp³-hybridized carbons (Fsp3) is 0.286. The Balaban J connectivity index is 2.97. The number of carbonyl (C=O) groups is 1. The zero-order valence-electron chi connectivity index (χ0n) is 5.40. The first kappa shape index (κ1) is 7.12. The van der Waals surface area contributed by atoms with Crippen LogP contribution in [0.5, 0.6) is 0 Å². The van der Waals surface area contributed by atoms with Crippen LogP contribution in [-0.4, -0.2) is 11.7 Å². The van der Waals surface area contributed by atoms with Gasteiger partial charge in [-0.05, 0) is 25.2 Å². The van der Waals surface area contributed by atoms with E-state index in [0.29, 0.717) is 6.08 Å². The molecular formula is C7H6F2O. The number of alkyl halides is 2. The molecular weight excluding hydrogens is 138 g/mol. The highest BCUT2D eigenvalue weighted by Gasteiger charge is 2.30. The molecule has 0 saturated heterocycles. The maximum Gasteiger partial charge on any atom is 0.288 e. The van der Waals surface area contributed by atoms with Gasteiger partial charge in [0.25, 0.3) is 5.92 Å². The molecule has 0 aromatic rings. The molecule has 1 aliphatic carbocycles. The van der Waals surface area contributed by atoms with Gasteiger partial charge in [0.1, 0.15) is 0 Å². The fourth-order valence-corrected chi connectivity index (χ4v) is 0.676. The number of hydrogen-bond donors (Lipinski definition) is 0. The van der Waals surface area contributed by atoms with E-state index in [4.69, 9.17) is 0 Å². The number of allylic oxidation sites excluding steroid dienone is 4. The van der Waals surface area contributed by atoms with Gasteiger partial charge in [-0.2, -0.15) is 8.78 Å². The lowest BCUT2D eigenvalue weighted by Crippen LogP contribution is -2.18. The Morgan fingerprint density at radius 2 is 2.10 bits per heavy atom. The van der Waals surface area contributed by atoms with Crippen LogP contribution in [0.3, 0.4) is 0 Å². The summed E-state index contributed by atoms with van der Waals surface area (Å²) in [4.78, 5) is 10.5. The summed E-state index contributed by atoms with van der Waals surface area (Å²) >= 11 is 0. The third-order valence-corrected chi connectivity index (χ3v) is 1.34. The van der Waals surface area contributed by atoms with E-state index in [1.807, 2.05) is 0 Å². The molecule has 0 aromatic heterocycles. The molecule has 0 amide bonds. The maximum absolute atomic E-state index is 12.5. The summed E-state index contributed by atoms with van der Waals surface area (Å²) in [5, 5.41) is 0. The number of halogens is 2. The topological polar surface area (TPSA) is 17.1 Å². The summed E-state index contributed by atoms with van der Waals surface area (Å²) in [7, 11) is 0. The smallest absolute Gasteiger partial charge is 0.288 e. The molecule has 1 rings (SSSR count). The van der Waals surface area contributed by atoms with Gasteiger partial charge < -0.3 is 0 Å². The summed E-state index contributed by atoms with van der Waals surface area (Å²) in [6.07, 6.45) is 2.44. The van der Waals surface area contributed by atoms with Crippen molar-refractivity contribution in [2.45, 2.75) is 12.8 Å². The van der Waals surface area contributed by atoms with Crippen LogP contribution in [0, 0.1) is 0 Å². The predicted molar refractivity (Wildman–Crippen MR) is 32.9 cm³/mol. The summed E-state index contributed by atoms with van der Waals surface area (Å²) in [5.41, 5.74) is -0.194. The molecule has 0 aromatic carbocycles. The second-order valence-corrected chi connectivity index (χ2v) is 2.19. The van der Waals surface area contributed by atoms with Crippen molar-refractivity contribution in [1.29, 1.82) is 0 Å². The molecule has 1 nitrogen and oxygen atoms in total. The van der Waals surface area contributed by atoms with Gasteiger partial charge in [-0.15, -0.1) is 0 Å². The standard InChI is InChI=1S/C7H6F2O/c1-5-4-6(10)2-3-7(5,8)9/h2-4H,1H3. The Morgan fingerprint density at radius 3 is 2.50 bits per heavy atom. The molecule has 0 aliphatic heterocycles. The highest BCUT2D eigenvalue weighted by Crippen LogP contribution is 2.27. The number of carbonyl (C=O) groups excluding carboxylic acids is 1. The molecule has 0 fully saturated rings. The quantitative estimate of drug-likeness (QED) is 0.505. The molecule has 10 heavy (non-hydrogen) atoms. The Bertz CT molecular complexity index is 226. The van der Waals surface area contributed by atoms with Gasteiger partial charge in [-0.25, -0.2) is 0 Å². The van der Waals surface area contributed by atoms with Crippen LogP contribution in [0.4, 0.5) is 8.78 Å². The van der Waals surface area contributed by atoms with Crippen molar-refractivity contribution in [3.8, 4) is 0 Å². The van der Waals surface area contributed by atoms with E-state index in [1.54, 1.807) is 0 Å². The number of rotatable bonds is 0. The second kappa shape index (κ2) is 2.01. The molecule has 0 unspecified atom stereocenters. The first-order valence-corrected chi connectivity index (χ1v) is 2.82. The molecule has 0 radical (unpaired) electrons. The van der Waals surface area contributed by atoms with E-state index >= 15 is 0 Å². The van der Waals surface area contributed by atoms with Crippen molar-refractivity contribution in [3.63, 3.8) is 0 Å². The van der Waals surface area contributed by atoms with Crippen molar-refractivity contribution < 1.29 is 13.6 Å². The normalized spacial score (nSPS) is 22.7. The van der Waals surface area contributed by atoms with Gasteiger partial charge >= 0.3 is 0 Å². The van der Waals surface area contributed by atoms with E-state index < -0.39 is 5.92 Å². The van der Waals surface area contributed by atoms with Gasteiger partial charge in [0.05, 0.1) is 0 Å². The minimum atomic E-state index is -2.92. The van der Waals surface area contributed by atoms with Crippen LogP contribution in [0.2, 0.25) is 0 Å². The molecule has 54 valence electrons. The van der Waals surface area contributed by atoms with Crippen LogP contribution >= 0.6 is 0 Å². The van der Waals surface area contributed by atoms with E-state index in [2.05, 4.69) is 0 Å². The fourth-order valence-electron chi connectivity index (χ4n) is 0.676. The van der Waals surface area contributed by atoms with Gasteiger partial charge in [0.2, 0.25) is 0 Å². The van der Waals surface area contributed by atoms with E-state index in [9.17, 15) is 13.6 Å². The summed E-state index contributed by atoms with van der Waals surface area (Å²) in [5.74, 6) is -3.29. The van der Waals surface area contributed by atoms with Crippen molar-refractivity contribution in [3.05, 3.63) is 23.8 Å². The zero-order valence-corrected chi connectivity index (χ0v) is 5.40. The lowest BCUT2D eigenvalue weighted by molar-refractivity contribution is -0.111. The molecule has 0 N–H and O–H groups in total. The largest absolute Gasteiger partial charge is 0.290 e. The SMILES string of the molecule is CC1=CC(=O)C=CC1(F)F. The molecule has 3 heteroatoms. The van der Waals surface area contributed by atoms with Crippen LogP contribution in [0.15, 0.2) is 23.8 Å². The van der Waals surface area contributed by atoms with Crippen LogP contribution < -0.4 is 0 Å². The molecule has 0 heterocycles. The minimum absolute atomic E-state index is 0.194. The molecule has 0 saturated carbocycles. The maximum atomic E-state index is 12.5. The average molecular weight is 144 g/mol. The van der Waals surface area contributed by atoms with E-state index in [-0.39, 0.29) is 11.4 Å². The first-order valence-electron chi connectivity index (χ1n) is 2.82. The van der Waals surface area contributed by atoms with Gasteiger partial charge in [-0.3, -0.25) is 4.79 Å². The van der Waals surface area contributed by atoms with Crippen molar-refractivity contribution in [2.24, 2.45) is 0 Å². The van der Waals surface area contributed by atoms with Gasteiger partial charge in [0.15, 0.2) is 5.78 Å². The van der Waals surface area contributed by atoms with Crippen LogP contribution in [-0.2, 0) is 4.79 Å². The zero-order chi connectivity index (χ0) is 7.78. The van der Waals surface area contributed by atoms with Gasteiger partial charge in [-0.1, -0.05) is 0 Å². The lowest BCUT2D eigenvalue weighted by atomic mass is 10.0. The lowest BCUT2D eigenvalue weighted by Gasteiger charge is -2.14. The first-order chi connectivity index (χ1) is 4.52. The summed E-state index contributed by atoms with van der Waals surface area (Å²) in [6.45, 7) is 1.24. The van der Waals surface area contributed by atoms with Gasteiger partial charge in [0, 0.05) is 5.57 Å². The third kappa shape index (κ3) is 1.12. The summed E-state index contributed by atoms with van der Waals surface area (Å²) < 4.78 is 24.9. The summed E-state index contributed by atoms with van der Waals surface area (Å²) in [6, 6.07) is 0. The van der Waals surface area contributed by atoms with Crippen molar-refractivity contribution in [2.75, 3.05) is 0 Å². The van der Waals surface area contributed by atoms with Crippen molar-refractivity contribution in [1.82, 2.24) is 0 Å². The number of hydrogen-bond acceptors (Lipinski definition) is 1. The highest BCUT2D eigenvalue weighted by atomic mass is 19.3. The Labute approximate surface area is 57.0 Å². The van der Waals surface area contributed by atoms with Crippen LogP contribution in [0.1, 0.15) is 6.92 Å². The van der Waals surface area contributed by atoms with E-state index in [0.717, 1.165) is 12.2 Å². The molecule has 0 bridgehead atoms. The molecule has 1 aliphatic rings. The molecule has 0 spiro atoms. The number of ketones is 1. The Kier molecular flexibility index (Phi) is 1.43. The minimum Gasteiger partial charge on any atom is -0.290 e. The average Bonchev–Trinajstić information content (AvgIpc) is 1.81. The highest BCUT2D eigenvalue weighted by molar-refractivity contribution is 6.01. The van der Waals surface area contributed by atoms with Crippen molar-refractivity contribution >= 4 is 5.78 Å². The van der Waals surface area contributed by atoms with Crippen LogP contribution in [0.25, 0.3) is 0 Å². The Hall–Kier alpha value is -0.990. The monoisotopic (exact) mass is 144 g/mol. The Morgan fingerprint density at radius 1 is 1.50 bits per heavy atom. The third-order valence-electron chi connectivity index (χ3n) is 1.34. The van der Waals surface area contributed by atoms with E-state index in [1.165, 1.54) is 6.92 Å². The molecule has 0 atom stereocenters.